The van der Waals surface area contributed by atoms with E-state index < -0.39 is 7.82 Å². The van der Waals surface area contributed by atoms with Crippen molar-refractivity contribution in [3.8, 4) is 5.75 Å². The van der Waals surface area contributed by atoms with Crippen molar-refractivity contribution in [2.45, 2.75) is 20.8 Å². The summed E-state index contributed by atoms with van der Waals surface area (Å²) in [5.74, 6) is 0.516. The average molecular weight is 244 g/mol. The van der Waals surface area contributed by atoms with Crippen LogP contribution in [0, 0.1) is 12.8 Å². The lowest BCUT2D eigenvalue weighted by atomic mass is 10.2. The zero-order chi connectivity index (χ0) is 12.2. The molecule has 0 aliphatic carbocycles. The van der Waals surface area contributed by atoms with Crippen LogP contribution in [0.3, 0.4) is 0 Å². The summed E-state index contributed by atoms with van der Waals surface area (Å²) in [6, 6.07) is 6.88. The molecule has 0 heterocycles. The zero-order valence-electron chi connectivity index (χ0n) is 9.71. The molecular formula is C11H17O4P. The van der Waals surface area contributed by atoms with Crippen molar-refractivity contribution in [2.24, 2.45) is 5.92 Å². The molecule has 1 rings (SSSR count). The van der Waals surface area contributed by atoms with Crippen LogP contribution in [0.25, 0.3) is 0 Å². The summed E-state index contributed by atoms with van der Waals surface area (Å²) < 4.78 is 21.2. The minimum Gasteiger partial charge on any atom is -0.404 e. The summed E-state index contributed by atoms with van der Waals surface area (Å²) in [5.41, 5.74) is 1.06. The van der Waals surface area contributed by atoms with Crippen LogP contribution < -0.4 is 4.52 Å². The van der Waals surface area contributed by atoms with Crippen LogP contribution in [0.15, 0.2) is 24.3 Å². The van der Waals surface area contributed by atoms with Gasteiger partial charge in [0.15, 0.2) is 0 Å². The van der Waals surface area contributed by atoms with Gasteiger partial charge < -0.3 is 4.52 Å². The molecule has 0 saturated heterocycles. The first-order valence-corrected chi connectivity index (χ1v) is 6.62. The first kappa shape index (κ1) is 13.2. The molecule has 0 aromatic heterocycles. The molecule has 1 aromatic rings. The van der Waals surface area contributed by atoms with E-state index in [-0.39, 0.29) is 12.5 Å². The van der Waals surface area contributed by atoms with Gasteiger partial charge >= 0.3 is 7.82 Å². The van der Waals surface area contributed by atoms with Gasteiger partial charge in [0.1, 0.15) is 5.75 Å². The molecule has 0 aliphatic heterocycles. The Kier molecular flexibility index (Phi) is 4.54. The van der Waals surface area contributed by atoms with E-state index in [2.05, 4.69) is 0 Å². The lowest BCUT2D eigenvalue weighted by Gasteiger charge is -2.14. The van der Waals surface area contributed by atoms with E-state index in [9.17, 15) is 9.46 Å². The van der Waals surface area contributed by atoms with Crippen LogP contribution >= 0.6 is 7.82 Å². The lowest BCUT2D eigenvalue weighted by Crippen LogP contribution is -2.03. The van der Waals surface area contributed by atoms with Crippen molar-refractivity contribution in [2.75, 3.05) is 6.61 Å². The number of benzene rings is 1. The normalized spacial score (nSPS) is 14.8. The largest absolute Gasteiger partial charge is 0.527 e. The number of rotatable bonds is 5. The Hall–Kier alpha value is -0.830. The molecule has 1 atom stereocenters. The van der Waals surface area contributed by atoms with Crippen molar-refractivity contribution in [3.05, 3.63) is 29.8 Å². The summed E-state index contributed by atoms with van der Waals surface area (Å²) in [5, 5.41) is 0. The van der Waals surface area contributed by atoms with Gasteiger partial charge in [0, 0.05) is 0 Å². The summed E-state index contributed by atoms with van der Waals surface area (Å²) >= 11 is 0. The van der Waals surface area contributed by atoms with Gasteiger partial charge in [-0.25, -0.2) is 4.57 Å². The minimum absolute atomic E-state index is 0.182. The molecule has 5 heteroatoms. The molecule has 0 radical (unpaired) electrons. The van der Waals surface area contributed by atoms with Gasteiger partial charge in [-0.15, -0.1) is 0 Å². The quantitative estimate of drug-likeness (QED) is 0.808. The molecule has 16 heavy (non-hydrogen) atoms. The Morgan fingerprint density at radius 3 is 2.38 bits per heavy atom. The summed E-state index contributed by atoms with van der Waals surface area (Å²) in [6.45, 7) is 5.91. The third-order valence-corrected chi connectivity index (χ3v) is 2.73. The Bertz CT molecular complexity index is 372. The van der Waals surface area contributed by atoms with Crippen molar-refractivity contribution in [3.63, 3.8) is 0 Å². The molecule has 0 saturated carbocycles. The van der Waals surface area contributed by atoms with E-state index in [0.717, 1.165) is 5.56 Å². The van der Waals surface area contributed by atoms with Gasteiger partial charge in [-0.2, -0.15) is 0 Å². The Balaban J connectivity index is 2.58. The molecule has 90 valence electrons. The van der Waals surface area contributed by atoms with Crippen molar-refractivity contribution < 1.29 is 18.5 Å². The predicted molar refractivity (Wildman–Crippen MR) is 62.4 cm³/mol. The topological polar surface area (TPSA) is 55.8 Å². The van der Waals surface area contributed by atoms with Crippen LogP contribution in [0.5, 0.6) is 5.75 Å². The molecule has 1 N–H and O–H groups in total. The molecule has 0 spiro atoms. The van der Waals surface area contributed by atoms with Crippen LogP contribution in [-0.4, -0.2) is 11.5 Å². The van der Waals surface area contributed by atoms with E-state index >= 15 is 0 Å². The summed E-state index contributed by atoms with van der Waals surface area (Å²) in [4.78, 5) is 9.40. The fourth-order valence-electron chi connectivity index (χ4n) is 1.00. The smallest absolute Gasteiger partial charge is 0.404 e. The van der Waals surface area contributed by atoms with Gasteiger partial charge in [-0.3, -0.25) is 9.42 Å². The highest BCUT2D eigenvalue weighted by atomic mass is 31.2. The SMILES string of the molecule is Cc1ccc(OP(=O)(O)OCC(C)C)cc1. The summed E-state index contributed by atoms with van der Waals surface area (Å²) in [6.07, 6.45) is 0. The monoisotopic (exact) mass is 244 g/mol. The molecule has 0 bridgehead atoms. The second-order valence-electron chi connectivity index (χ2n) is 4.06. The van der Waals surface area contributed by atoms with E-state index in [1.807, 2.05) is 20.8 Å². The Morgan fingerprint density at radius 2 is 1.88 bits per heavy atom. The maximum Gasteiger partial charge on any atom is 0.527 e. The first-order valence-electron chi connectivity index (χ1n) is 5.12. The molecule has 0 aliphatic rings. The van der Waals surface area contributed by atoms with Gasteiger partial charge in [0.2, 0.25) is 0 Å². The summed E-state index contributed by atoms with van der Waals surface area (Å²) in [7, 11) is -3.98. The highest BCUT2D eigenvalue weighted by Gasteiger charge is 2.23. The van der Waals surface area contributed by atoms with Gasteiger partial charge in [-0.1, -0.05) is 31.5 Å². The van der Waals surface area contributed by atoms with Crippen LogP contribution in [0.1, 0.15) is 19.4 Å². The van der Waals surface area contributed by atoms with E-state index in [1.165, 1.54) is 0 Å². The Labute approximate surface area is 95.8 Å². The number of aryl methyl sites for hydroxylation is 1. The van der Waals surface area contributed by atoms with E-state index in [1.54, 1.807) is 24.3 Å². The molecule has 1 unspecified atom stereocenters. The number of hydrogen-bond acceptors (Lipinski definition) is 3. The standard InChI is InChI=1S/C11H17O4P/c1-9(2)8-14-16(12,13)15-11-6-4-10(3)5-7-11/h4-7,9H,8H2,1-3H3,(H,12,13). The molecule has 0 amide bonds. The van der Waals surface area contributed by atoms with E-state index in [4.69, 9.17) is 9.05 Å². The van der Waals surface area contributed by atoms with Crippen molar-refractivity contribution in [1.82, 2.24) is 0 Å². The van der Waals surface area contributed by atoms with Crippen LogP contribution in [-0.2, 0) is 9.09 Å². The number of hydrogen-bond donors (Lipinski definition) is 1. The fraction of sp³-hybridized carbons (Fsp3) is 0.455. The third kappa shape index (κ3) is 4.79. The Morgan fingerprint density at radius 1 is 1.31 bits per heavy atom. The predicted octanol–water partition coefficient (Wildman–Crippen LogP) is 3.15. The maximum atomic E-state index is 11.5. The second-order valence-corrected chi connectivity index (χ2v) is 5.44. The van der Waals surface area contributed by atoms with Crippen molar-refractivity contribution in [1.29, 1.82) is 0 Å². The van der Waals surface area contributed by atoms with Gasteiger partial charge in [0.05, 0.1) is 6.61 Å². The third-order valence-electron chi connectivity index (χ3n) is 1.81. The second kappa shape index (κ2) is 5.48. The lowest BCUT2D eigenvalue weighted by molar-refractivity contribution is 0.183. The number of phosphoric acid groups is 1. The van der Waals surface area contributed by atoms with E-state index in [0.29, 0.717) is 5.75 Å². The molecule has 1 aromatic carbocycles. The highest BCUT2D eigenvalue weighted by Crippen LogP contribution is 2.44. The number of phosphoric ester groups is 1. The average Bonchev–Trinajstić information content (AvgIpc) is 2.19. The molecule has 0 fully saturated rings. The molecular weight excluding hydrogens is 227 g/mol. The first-order chi connectivity index (χ1) is 7.39. The van der Waals surface area contributed by atoms with Crippen LogP contribution in [0.4, 0.5) is 0 Å². The van der Waals surface area contributed by atoms with Gasteiger partial charge in [0.25, 0.3) is 0 Å². The fourth-order valence-corrected chi connectivity index (χ4v) is 1.93. The van der Waals surface area contributed by atoms with Crippen LogP contribution in [0.2, 0.25) is 0 Å². The van der Waals surface area contributed by atoms with Gasteiger partial charge in [-0.05, 0) is 25.0 Å². The maximum absolute atomic E-state index is 11.5. The minimum atomic E-state index is -3.98. The zero-order valence-corrected chi connectivity index (χ0v) is 10.6. The highest BCUT2D eigenvalue weighted by molar-refractivity contribution is 7.47. The van der Waals surface area contributed by atoms with Crippen molar-refractivity contribution >= 4 is 7.82 Å². The molecule has 4 nitrogen and oxygen atoms in total.